The molecule has 0 aliphatic heterocycles. The second kappa shape index (κ2) is 9.65. The molecule has 1 saturated carbocycles. The molecule has 2 aromatic heterocycles. The van der Waals surface area contributed by atoms with Crippen molar-refractivity contribution in [2.45, 2.75) is 58.1 Å². The average Bonchev–Trinajstić information content (AvgIpc) is 3.52. The quantitative estimate of drug-likeness (QED) is 0.355. The molecule has 8 heteroatoms. The van der Waals surface area contributed by atoms with E-state index >= 15 is 0 Å². The first-order chi connectivity index (χ1) is 16.8. The van der Waals surface area contributed by atoms with Gasteiger partial charge in [-0.2, -0.15) is 0 Å². The SMILES string of the molecule is CC1(CO)C(O)CCC2(C)C(CC(=O)NCc3cccs3)c3nc(Nc4ccccc4)sc3CC12. The number of nitrogens with zero attached hydrogens (tertiary/aromatic N) is 1. The summed E-state index contributed by atoms with van der Waals surface area (Å²) < 4.78 is 0. The number of amides is 1. The first-order valence-electron chi connectivity index (χ1n) is 12.2. The molecule has 0 radical (unpaired) electrons. The van der Waals surface area contributed by atoms with Crippen LogP contribution in [0.2, 0.25) is 0 Å². The molecule has 4 N–H and O–H groups in total. The molecule has 6 nitrogen and oxygen atoms in total. The van der Waals surface area contributed by atoms with Crippen LogP contribution < -0.4 is 10.6 Å². The Morgan fingerprint density at radius 3 is 2.71 bits per heavy atom. The number of aromatic nitrogens is 1. The molecule has 5 rings (SSSR count). The summed E-state index contributed by atoms with van der Waals surface area (Å²) in [6.07, 6.45) is 1.95. The second-order valence-corrected chi connectivity index (χ2v) is 12.5. The van der Waals surface area contributed by atoms with Crippen LogP contribution in [-0.4, -0.2) is 33.8 Å². The number of thiazole rings is 1. The van der Waals surface area contributed by atoms with Crippen molar-refractivity contribution in [3.8, 4) is 0 Å². The molecule has 2 aliphatic rings. The summed E-state index contributed by atoms with van der Waals surface area (Å²) in [5.41, 5.74) is 1.10. The van der Waals surface area contributed by atoms with E-state index in [9.17, 15) is 15.0 Å². The summed E-state index contributed by atoms with van der Waals surface area (Å²) in [6.45, 7) is 4.69. The number of carbonyl (C=O) groups excluding carboxylic acids is 1. The highest BCUT2D eigenvalue weighted by atomic mass is 32.1. The van der Waals surface area contributed by atoms with Gasteiger partial charge in [0.2, 0.25) is 5.91 Å². The first kappa shape index (κ1) is 24.4. The Bertz CT molecular complexity index is 1170. The van der Waals surface area contributed by atoms with Crippen LogP contribution in [0.25, 0.3) is 0 Å². The van der Waals surface area contributed by atoms with E-state index < -0.39 is 11.5 Å². The van der Waals surface area contributed by atoms with Crippen LogP contribution in [0.5, 0.6) is 0 Å². The summed E-state index contributed by atoms with van der Waals surface area (Å²) >= 11 is 3.26. The highest BCUT2D eigenvalue weighted by molar-refractivity contribution is 7.15. The number of aliphatic hydroxyl groups excluding tert-OH is 2. The largest absolute Gasteiger partial charge is 0.396 e. The van der Waals surface area contributed by atoms with E-state index in [2.05, 4.69) is 17.6 Å². The van der Waals surface area contributed by atoms with Crippen LogP contribution in [-0.2, 0) is 17.8 Å². The number of fused-ring (bicyclic) bond motifs is 2. The molecule has 1 amide bonds. The van der Waals surface area contributed by atoms with Gasteiger partial charge in [0, 0.05) is 33.2 Å². The van der Waals surface area contributed by atoms with Crippen LogP contribution in [0.3, 0.4) is 0 Å². The van der Waals surface area contributed by atoms with E-state index in [4.69, 9.17) is 4.98 Å². The Morgan fingerprint density at radius 1 is 1.20 bits per heavy atom. The number of rotatable bonds is 7. The molecule has 0 saturated heterocycles. The smallest absolute Gasteiger partial charge is 0.220 e. The topological polar surface area (TPSA) is 94.5 Å². The van der Waals surface area contributed by atoms with E-state index in [1.807, 2.05) is 54.8 Å². The minimum Gasteiger partial charge on any atom is -0.396 e. The minimum atomic E-state index is -0.618. The van der Waals surface area contributed by atoms with Gasteiger partial charge in [-0.15, -0.1) is 22.7 Å². The van der Waals surface area contributed by atoms with Gasteiger partial charge in [0.05, 0.1) is 24.9 Å². The number of hydrogen-bond acceptors (Lipinski definition) is 7. The molecule has 0 spiro atoms. The molecule has 1 aromatic carbocycles. The molecular formula is C27H33N3O3S2. The van der Waals surface area contributed by atoms with Gasteiger partial charge in [-0.25, -0.2) is 4.98 Å². The number of aliphatic hydroxyl groups is 2. The third-order valence-corrected chi connectivity index (χ3v) is 10.2. The first-order valence-corrected chi connectivity index (χ1v) is 13.9. The fourth-order valence-electron chi connectivity index (χ4n) is 6.20. The number of benzene rings is 1. The maximum atomic E-state index is 13.2. The summed E-state index contributed by atoms with van der Waals surface area (Å²) in [7, 11) is 0. The van der Waals surface area contributed by atoms with Crippen molar-refractivity contribution in [3.63, 3.8) is 0 Å². The van der Waals surface area contributed by atoms with Gasteiger partial charge < -0.3 is 20.8 Å². The Kier molecular flexibility index (Phi) is 6.74. The van der Waals surface area contributed by atoms with Gasteiger partial charge in [-0.3, -0.25) is 4.79 Å². The van der Waals surface area contributed by atoms with Crippen molar-refractivity contribution in [1.82, 2.24) is 10.3 Å². The fraction of sp³-hybridized carbons (Fsp3) is 0.481. The normalized spacial score (nSPS) is 29.8. The van der Waals surface area contributed by atoms with Crippen molar-refractivity contribution in [2.24, 2.45) is 16.7 Å². The van der Waals surface area contributed by atoms with Crippen LogP contribution in [0.1, 0.15) is 54.5 Å². The van der Waals surface area contributed by atoms with Gasteiger partial charge in [-0.1, -0.05) is 38.1 Å². The molecular weight excluding hydrogens is 478 g/mol. The van der Waals surface area contributed by atoms with Crippen molar-refractivity contribution in [1.29, 1.82) is 0 Å². The lowest BCUT2D eigenvalue weighted by molar-refractivity contribution is -0.144. The number of hydrogen-bond donors (Lipinski definition) is 4. The molecule has 2 aliphatic carbocycles. The monoisotopic (exact) mass is 511 g/mol. The summed E-state index contributed by atoms with van der Waals surface area (Å²) in [5, 5.41) is 30.7. The maximum absolute atomic E-state index is 13.2. The Hall–Kier alpha value is -2.26. The third kappa shape index (κ3) is 4.53. The molecule has 5 atom stereocenters. The van der Waals surface area contributed by atoms with Crippen molar-refractivity contribution >= 4 is 39.4 Å². The molecule has 0 bridgehead atoms. The summed E-state index contributed by atoms with van der Waals surface area (Å²) in [5.74, 6) is -0.0180. The lowest BCUT2D eigenvalue weighted by Gasteiger charge is -2.58. The minimum absolute atomic E-state index is 0.0126. The maximum Gasteiger partial charge on any atom is 0.220 e. The van der Waals surface area contributed by atoms with E-state index in [1.54, 1.807) is 22.7 Å². The number of carbonyl (C=O) groups is 1. The van der Waals surface area contributed by atoms with E-state index in [-0.39, 0.29) is 29.8 Å². The Morgan fingerprint density at radius 2 is 2.00 bits per heavy atom. The zero-order valence-electron chi connectivity index (χ0n) is 20.2. The molecule has 35 heavy (non-hydrogen) atoms. The molecule has 2 heterocycles. The number of nitrogens with one attached hydrogen (secondary N) is 2. The molecule has 3 aromatic rings. The molecule has 5 unspecified atom stereocenters. The van der Waals surface area contributed by atoms with Gasteiger partial charge in [-0.05, 0) is 54.2 Å². The predicted molar refractivity (Wildman–Crippen MR) is 141 cm³/mol. The lowest BCUT2D eigenvalue weighted by atomic mass is 9.47. The number of para-hydroxylation sites is 1. The van der Waals surface area contributed by atoms with Gasteiger partial charge >= 0.3 is 0 Å². The van der Waals surface area contributed by atoms with Gasteiger partial charge in [0.15, 0.2) is 5.13 Å². The van der Waals surface area contributed by atoms with E-state index in [0.717, 1.165) is 39.1 Å². The fourth-order valence-corrected chi connectivity index (χ4v) is 7.93. The Labute approximate surface area is 214 Å². The average molecular weight is 512 g/mol. The zero-order chi connectivity index (χ0) is 24.6. The predicted octanol–water partition coefficient (Wildman–Crippen LogP) is 5.07. The zero-order valence-corrected chi connectivity index (χ0v) is 21.8. The van der Waals surface area contributed by atoms with Crippen molar-refractivity contribution in [3.05, 3.63) is 63.3 Å². The van der Waals surface area contributed by atoms with Crippen LogP contribution >= 0.6 is 22.7 Å². The standard InChI is InChI=1S/C27H33N3O3S2/c1-26-11-10-22(32)27(2,16-31)21(26)14-20-24(30-25(35-20)29-17-7-4-3-5-8-17)19(26)13-23(33)28-15-18-9-6-12-34-18/h3-9,12,19,21-22,31-32H,10-11,13-16H2,1-2H3,(H,28,33)(H,29,30). The van der Waals surface area contributed by atoms with Crippen LogP contribution in [0.4, 0.5) is 10.8 Å². The molecule has 186 valence electrons. The van der Waals surface area contributed by atoms with Gasteiger partial charge in [0.1, 0.15) is 0 Å². The van der Waals surface area contributed by atoms with Crippen molar-refractivity contribution in [2.75, 3.05) is 11.9 Å². The second-order valence-electron chi connectivity index (χ2n) is 10.4. The summed E-state index contributed by atoms with van der Waals surface area (Å²) in [4.78, 5) is 20.5. The Balaban J connectivity index is 1.47. The highest BCUT2D eigenvalue weighted by Gasteiger charge is 2.59. The summed E-state index contributed by atoms with van der Waals surface area (Å²) in [6, 6.07) is 14.0. The number of thiophene rings is 1. The molecule has 1 fully saturated rings. The van der Waals surface area contributed by atoms with Crippen LogP contribution in [0.15, 0.2) is 47.8 Å². The van der Waals surface area contributed by atoms with Crippen molar-refractivity contribution < 1.29 is 15.0 Å². The van der Waals surface area contributed by atoms with E-state index in [1.165, 1.54) is 0 Å². The van der Waals surface area contributed by atoms with E-state index in [0.29, 0.717) is 19.4 Å². The number of anilines is 2. The third-order valence-electron chi connectivity index (χ3n) is 8.35. The highest BCUT2D eigenvalue weighted by Crippen LogP contribution is 2.62. The lowest BCUT2D eigenvalue weighted by Crippen LogP contribution is -2.57. The van der Waals surface area contributed by atoms with Gasteiger partial charge in [0.25, 0.3) is 0 Å². The van der Waals surface area contributed by atoms with Crippen LogP contribution in [0, 0.1) is 16.7 Å².